The van der Waals surface area contributed by atoms with Crippen molar-refractivity contribution in [3.8, 4) is 5.75 Å². The van der Waals surface area contributed by atoms with Gasteiger partial charge in [-0.05, 0) is 30.7 Å². The van der Waals surface area contributed by atoms with Crippen molar-refractivity contribution >= 4 is 34.4 Å². The van der Waals surface area contributed by atoms with Crippen molar-refractivity contribution in [2.75, 3.05) is 19.6 Å². The van der Waals surface area contributed by atoms with E-state index in [0.717, 1.165) is 5.39 Å². The third-order valence-corrected chi connectivity index (χ3v) is 5.96. The molecular weight excluding hydrogens is 398 g/mol. The molecule has 8 heteroatoms. The summed E-state index contributed by atoms with van der Waals surface area (Å²) in [7, 11) is 0. The molecule has 2 aliphatic rings. The predicted octanol–water partition coefficient (Wildman–Crippen LogP) is 1.81. The Morgan fingerprint density at radius 2 is 1.81 bits per heavy atom. The second-order valence-corrected chi connectivity index (χ2v) is 7.92. The van der Waals surface area contributed by atoms with E-state index in [0.29, 0.717) is 37.7 Å². The number of benzene rings is 2. The molecule has 4 rings (SSSR count). The van der Waals surface area contributed by atoms with E-state index >= 15 is 0 Å². The maximum Gasteiger partial charge on any atom is 0.258 e. The number of aromatic hydroxyl groups is 1. The van der Waals surface area contributed by atoms with Gasteiger partial charge in [-0.1, -0.05) is 30.3 Å². The van der Waals surface area contributed by atoms with E-state index in [9.17, 15) is 24.3 Å². The Hall–Kier alpha value is -3.42. The Morgan fingerprint density at radius 3 is 2.58 bits per heavy atom. The fraction of sp³-hybridized carbons (Fsp3) is 0.391. The summed E-state index contributed by atoms with van der Waals surface area (Å²) in [6.45, 7) is 1.05. The van der Waals surface area contributed by atoms with E-state index in [4.69, 9.17) is 0 Å². The van der Waals surface area contributed by atoms with Crippen molar-refractivity contribution in [2.45, 2.75) is 38.1 Å². The maximum atomic E-state index is 13.1. The van der Waals surface area contributed by atoms with Crippen molar-refractivity contribution in [3.05, 3.63) is 42.0 Å². The maximum absolute atomic E-state index is 13.1. The van der Waals surface area contributed by atoms with Crippen LogP contribution in [0.15, 0.2) is 36.4 Å². The highest BCUT2D eigenvalue weighted by Gasteiger charge is 2.35. The van der Waals surface area contributed by atoms with E-state index in [1.54, 1.807) is 24.3 Å². The summed E-state index contributed by atoms with van der Waals surface area (Å²) < 4.78 is 0. The molecule has 0 aromatic heterocycles. The van der Waals surface area contributed by atoms with E-state index in [2.05, 4.69) is 5.32 Å². The zero-order valence-corrected chi connectivity index (χ0v) is 17.2. The summed E-state index contributed by atoms with van der Waals surface area (Å²) in [4.78, 5) is 51.8. The molecule has 2 N–H and O–H groups in total. The van der Waals surface area contributed by atoms with Crippen LogP contribution in [0.25, 0.3) is 10.8 Å². The third kappa shape index (κ3) is 4.10. The molecule has 0 radical (unpaired) electrons. The molecule has 2 aliphatic heterocycles. The molecule has 2 aromatic rings. The van der Waals surface area contributed by atoms with Crippen LogP contribution in [0.2, 0.25) is 0 Å². The number of imide groups is 1. The van der Waals surface area contributed by atoms with Gasteiger partial charge in [0, 0.05) is 37.9 Å². The average Bonchev–Trinajstić information content (AvgIpc) is 3.38. The molecule has 0 saturated carbocycles. The lowest BCUT2D eigenvalue weighted by molar-refractivity contribution is -0.138. The predicted molar refractivity (Wildman–Crippen MR) is 113 cm³/mol. The molecule has 2 heterocycles. The van der Waals surface area contributed by atoms with E-state index < -0.39 is 6.04 Å². The highest BCUT2D eigenvalue weighted by atomic mass is 16.3. The molecule has 8 nitrogen and oxygen atoms in total. The van der Waals surface area contributed by atoms with Crippen LogP contribution in [0.3, 0.4) is 0 Å². The summed E-state index contributed by atoms with van der Waals surface area (Å²) >= 11 is 0. The number of carbonyl (C=O) groups excluding carboxylic acids is 4. The number of hydrogen-bond donors (Lipinski definition) is 2. The first-order chi connectivity index (χ1) is 15.0. The number of nitrogens with zero attached hydrogens (tertiary/aromatic N) is 2. The molecule has 4 amide bonds. The lowest BCUT2D eigenvalue weighted by atomic mass is 10.0. The third-order valence-electron chi connectivity index (χ3n) is 5.96. The normalized spacial score (nSPS) is 18.8. The molecule has 0 aliphatic carbocycles. The van der Waals surface area contributed by atoms with Gasteiger partial charge in [0.15, 0.2) is 0 Å². The van der Waals surface area contributed by atoms with E-state index in [1.807, 2.05) is 12.1 Å². The quantitative estimate of drug-likeness (QED) is 0.544. The minimum Gasteiger partial charge on any atom is -0.506 e. The van der Waals surface area contributed by atoms with Crippen LogP contribution in [-0.2, 0) is 14.4 Å². The molecule has 31 heavy (non-hydrogen) atoms. The number of carbonyl (C=O) groups is 4. The van der Waals surface area contributed by atoms with Gasteiger partial charge in [-0.2, -0.15) is 0 Å². The first kappa shape index (κ1) is 20.8. The number of likely N-dealkylation sites (tertiary alicyclic amines) is 2. The van der Waals surface area contributed by atoms with Crippen LogP contribution < -0.4 is 5.32 Å². The fourth-order valence-corrected chi connectivity index (χ4v) is 4.30. The Morgan fingerprint density at radius 1 is 1.06 bits per heavy atom. The fourth-order valence-electron chi connectivity index (χ4n) is 4.30. The van der Waals surface area contributed by atoms with Gasteiger partial charge in [-0.15, -0.1) is 0 Å². The standard InChI is InChI=1S/C23H25N3O5/c27-19-10-11-20(28)26(19)14-4-12-24-22(30)18-7-3-13-25(18)23(31)17-9-8-15-5-1-2-6-16(15)21(17)29/h1-2,5-6,8-9,18,29H,3-4,7,10-14H2,(H,24,30). The SMILES string of the molecule is O=C(NCCCN1C(=O)CCC1=O)C1CCCN1C(=O)c1ccc2ccccc2c1O. The van der Waals surface area contributed by atoms with Gasteiger partial charge in [0.2, 0.25) is 17.7 Å². The van der Waals surface area contributed by atoms with Gasteiger partial charge in [0.25, 0.3) is 5.91 Å². The first-order valence-corrected chi connectivity index (χ1v) is 10.6. The summed E-state index contributed by atoms with van der Waals surface area (Å²) in [6.07, 6.45) is 2.23. The zero-order valence-electron chi connectivity index (χ0n) is 17.2. The Kier molecular flexibility index (Phi) is 5.88. The average molecular weight is 423 g/mol. The van der Waals surface area contributed by atoms with Crippen molar-refractivity contribution in [3.63, 3.8) is 0 Å². The van der Waals surface area contributed by atoms with Crippen LogP contribution in [0.1, 0.15) is 42.5 Å². The summed E-state index contributed by atoms with van der Waals surface area (Å²) in [5, 5.41) is 14.9. The molecule has 2 saturated heterocycles. The highest BCUT2D eigenvalue weighted by Crippen LogP contribution is 2.31. The van der Waals surface area contributed by atoms with Gasteiger partial charge in [0.1, 0.15) is 11.8 Å². The monoisotopic (exact) mass is 423 g/mol. The van der Waals surface area contributed by atoms with Crippen molar-refractivity contribution in [1.29, 1.82) is 0 Å². The smallest absolute Gasteiger partial charge is 0.258 e. The molecule has 1 unspecified atom stereocenters. The molecule has 162 valence electrons. The van der Waals surface area contributed by atoms with Gasteiger partial charge >= 0.3 is 0 Å². The van der Waals surface area contributed by atoms with Crippen LogP contribution >= 0.6 is 0 Å². The van der Waals surface area contributed by atoms with Crippen molar-refractivity contribution in [2.24, 2.45) is 0 Å². The first-order valence-electron chi connectivity index (χ1n) is 10.6. The van der Waals surface area contributed by atoms with Gasteiger partial charge in [0.05, 0.1) is 5.56 Å². The topological polar surface area (TPSA) is 107 Å². The Balaban J connectivity index is 1.37. The number of phenolic OH excluding ortho intramolecular Hbond substituents is 1. The van der Waals surface area contributed by atoms with Crippen molar-refractivity contribution < 1.29 is 24.3 Å². The number of fused-ring (bicyclic) bond motifs is 1. The Labute approximate surface area is 179 Å². The number of amides is 4. The lowest BCUT2D eigenvalue weighted by Gasteiger charge is -2.24. The van der Waals surface area contributed by atoms with Crippen LogP contribution in [-0.4, -0.2) is 64.2 Å². The van der Waals surface area contributed by atoms with E-state index in [-0.39, 0.29) is 54.3 Å². The Bertz CT molecular complexity index is 1030. The van der Waals surface area contributed by atoms with Crippen LogP contribution in [0, 0.1) is 0 Å². The number of rotatable bonds is 6. The number of hydrogen-bond acceptors (Lipinski definition) is 5. The second-order valence-electron chi connectivity index (χ2n) is 7.92. The van der Waals surface area contributed by atoms with Gasteiger partial charge in [-0.25, -0.2) is 0 Å². The minimum atomic E-state index is -0.603. The number of phenols is 1. The summed E-state index contributed by atoms with van der Waals surface area (Å²) in [6, 6.07) is 10.1. The zero-order chi connectivity index (χ0) is 22.0. The van der Waals surface area contributed by atoms with Crippen molar-refractivity contribution in [1.82, 2.24) is 15.1 Å². The highest BCUT2D eigenvalue weighted by molar-refractivity contribution is 6.05. The summed E-state index contributed by atoms with van der Waals surface area (Å²) in [5.41, 5.74) is 0.185. The van der Waals surface area contributed by atoms with Crippen LogP contribution in [0.4, 0.5) is 0 Å². The molecule has 1 atom stereocenters. The second kappa shape index (κ2) is 8.75. The minimum absolute atomic E-state index is 0.0749. The van der Waals surface area contributed by atoms with Gasteiger partial charge in [-0.3, -0.25) is 24.1 Å². The molecule has 2 aromatic carbocycles. The van der Waals surface area contributed by atoms with Crippen LogP contribution in [0.5, 0.6) is 5.75 Å². The van der Waals surface area contributed by atoms with E-state index in [1.165, 1.54) is 9.80 Å². The molecule has 2 fully saturated rings. The number of nitrogens with one attached hydrogen (secondary N) is 1. The largest absolute Gasteiger partial charge is 0.506 e. The molecule has 0 bridgehead atoms. The molecule has 0 spiro atoms. The molecular formula is C23H25N3O5. The summed E-state index contributed by atoms with van der Waals surface area (Å²) in [5.74, 6) is -1.04. The van der Waals surface area contributed by atoms with Gasteiger partial charge < -0.3 is 15.3 Å². The lowest BCUT2D eigenvalue weighted by Crippen LogP contribution is -2.46.